The molecule has 52 valence electrons. The summed E-state index contributed by atoms with van der Waals surface area (Å²) in [4.78, 5) is 10.7. The molecule has 0 fully saturated rings. The molecule has 0 bridgehead atoms. The van der Waals surface area contributed by atoms with Crippen molar-refractivity contribution in [2.24, 2.45) is 0 Å². The second kappa shape index (κ2) is 3.20. The Bertz CT molecular complexity index is 341. The molecule has 0 aliphatic carbocycles. The van der Waals surface area contributed by atoms with Gasteiger partial charge in [-0.3, -0.25) is 4.79 Å². The maximum atomic E-state index is 10.3. The second-order valence-electron chi connectivity index (χ2n) is 1.76. The first-order valence-corrected chi connectivity index (χ1v) is 4.24. The summed E-state index contributed by atoms with van der Waals surface area (Å²) in [7, 11) is 5.45. The van der Waals surface area contributed by atoms with Crippen molar-refractivity contribution in [3.63, 3.8) is 0 Å². The van der Waals surface area contributed by atoms with E-state index in [0.29, 0.717) is 20.5 Å². The van der Waals surface area contributed by atoms with Crippen LogP contribution < -0.4 is 5.46 Å². The number of carbonyl (C=O) groups excluding carboxylic acids is 1. The Labute approximate surface area is 77.4 Å². The van der Waals surface area contributed by atoms with E-state index in [0.717, 1.165) is 0 Å². The van der Waals surface area contributed by atoms with Crippen LogP contribution in [-0.4, -0.2) is 14.1 Å². The zero-order chi connectivity index (χ0) is 8.43. The first-order valence-electron chi connectivity index (χ1n) is 2.63. The Hall–Kier alpha value is -0.595. The van der Waals surface area contributed by atoms with Crippen LogP contribution in [0.15, 0.2) is 3.79 Å². The largest absolute Gasteiger partial charge is 0.297 e. The molecule has 0 unspecified atom stereocenters. The molecule has 0 saturated heterocycles. The smallest absolute Gasteiger partial charge is 0.159 e. The van der Waals surface area contributed by atoms with Gasteiger partial charge in [-0.15, -0.1) is 11.3 Å². The lowest BCUT2D eigenvalue weighted by atomic mass is 9.93. The van der Waals surface area contributed by atoms with Crippen molar-refractivity contribution in [1.82, 2.24) is 0 Å². The SMILES string of the molecule is [B]c1c(C=O)sc(Br)c1C#N. The van der Waals surface area contributed by atoms with Gasteiger partial charge in [-0.1, -0.05) is 5.46 Å². The molecule has 0 aromatic carbocycles. The van der Waals surface area contributed by atoms with Crippen molar-refractivity contribution >= 4 is 46.9 Å². The highest BCUT2D eigenvalue weighted by molar-refractivity contribution is 9.11. The third-order valence-electron chi connectivity index (χ3n) is 1.15. The van der Waals surface area contributed by atoms with Gasteiger partial charge in [0.1, 0.15) is 13.9 Å². The van der Waals surface area contributed by atoms with Gasteiger partial charge in [0, 0.05) is 0 Å². The van der Waals surface area contributed by atoms with E-state index in [1.54, 1.807) is 0 Å². The van der Waals surface area contributed by atoms with Crippen LogP contribution >= 0.6 is 27.3 Å². The summed E-state index contributed by atoms with van der Waals surface area (Å²) in [5.74, 6) is 0. The molecule has 0 amide bonds. The van der Waals surface area contributed by atoms with Crippen molar-refractivity contribution in [1.29, 1.82) is 5.26 Å². The number of hydrogen-bond acceptors (Lipinski definition) is 3. The number of nitrogens with zero attached hydrogens (tertiary/aromatic N) is 1. The van der Waals surface area contributed by atoms with Gasteiger partial charge in [-0.2, -0.15) is 5.26 Å². The highest BCUT2D eigenvalue weighted by atomic mass is 79.9. The van der Waals surface area contributed by atoms with Crippen LogP contribution in [-0.2, 0) is 0 Å². The van der Waals surface area contributed by atoms with Crippen molar-refractivity contribution in [3.8, 4) is 6.07 Å². The first kappa shape index (κ1) is 8.50. The highest BCUT2D eigenvalue weighted by Crippen LogP contribution is 2.23. The van der Waals surface area contributed by atoms with E-state index < -0.39 is 0 Å². The Morgan fingerprint density at radius 1 is 1.73 bits per heavy atom. The number of rotatable bonds is 1. The topological polar surface area (TPSA) is 40.9 Å². The number of carbonyl (C=O) groups is 1. The standard InChI is InChI=1S/C6HBBrNOS/c7-5-3(1-9)6(8)11-4(5)2-10/h2H. The molecular formula is C6HBBrNOS. The number of aldehydes is 1. The van der Waals surface area contributed by atoms with Gasteiger partial charge in [-0.05, 0) is 15.9 Å². The van der Waals surface area contributed by atoms with E-state index in [1.807, 2.05) is 6.07 Å². The lowest BCUT2D eigenvalue weighted by molar-refractivity contribution is 0.112. The van der Waals surface area contributed by atoms with E-state index in [9.17, 15) is 4.79 Å². The van der Waals surface area contributed by atoms with Gasteiger partial charge in [0.2, 0.25) is 0 Å². The van der Waals surface area contributed by atoms with E-state index in [-0.39, 0.29) is 5.46 Å². The van der Waals surface area contributed by atoms with Crippen molar-refractivity contribution in [2.75, 3.05) is 0 Å². The summed E-state index contributed by atoms with van der Waals surface area (Å²) in [6, 6.07) is 1.90. The molecule has 2 radical (unpaired) electrons. The fourth-order valence-corrected chi connectivity index (χ4v) is 2.16. The Balaban J connectivity index is 3.39. The third-order valence-corrected chi connectivity index (χ3v) is 2.95. The zero-order valence-corrected chi connectivity index (χ0v) is 7.70. The maximum absolute atomic E-state index is 10.3. The van der Waals surface area contributed by atoms with Crippen LogP contribution in [0.2, 0.25) is 0 Å². The van der Waals surface area contributed by atoms with E-state index in [1.165, 1.54) is 11.3 Å². The molecule has 1 heterocycles. The average Bonchev–Trinajstić information content (AvgIpc) is 2.26. The fraction of sp³-hybridized carbons (Fsp3) is 0. The summed E-state index contributed by atoms with van der Waals surface area (Å²) in [6.07, 6.45) is 0.644. The van der Waals surface area contributed by atoms with E-state index >= 15 is 0 Å². The van der Waals surface area contributed by atoms with Crippen molar-refractivity contribution in [3.05, 3.63) is 14.2 Å². The fourth-order valence-electron chi connectivity index (χ4n) is 0.623. The minimum absolute atomic E-state index is 0.263. The summed E-state index contributed by atoms with van der Waals surface area (Å²) >= 11 is 4.29. The van der Waals surface area contributed by atoms with Crippen molar-refractivity contribution < 1.29 is 4.79 Å². The van der Waals surface area contributed by atoms with Crippen molar-refractivity contribution in [2.45, 2.75) is 0 Å². The van der Waals surface area contributed by atoms with E-state index in [4.69, 9.17) is 13.1 Å². The van der Waals surface area contributed by atoms with Gasteiger partial charge in [0.15, 0.2) is 6.29 Å². The van der Waals surface area contributed by atoms with Crippen LogP contribution in [0.4, 0.5) is 0 Å². The number of thiophene rings is 1. The van der Waals surface area contributed by atoms with Crippen LogP contribution in [0.25, 0.3) is 0 Å². The molecule has 5 heteroatoms. The molecule has 2 nitrogen and oxygen atoms in total. The molecular weight excluding hydrogens is 225 g/mol. The number of hydrogen-bond donors (Lipinski definition) is 0. The molecule has 1 rings (SSSR count). The van der Waals surface area contributed by atoms with E-state index in [2.05, 4.69) is 15.9 Å². The molecule has 0 atom stereocenters. The zero-order valence-electron chi connectivity index (χ0n) is 5.30. The molecule has 0 aliphatic rings. The molecule has 1 aromatic heterocycles. The molecule has 0 N–H and O–H groups in total. The Morgan fingerprint density at radius 2 is 2.36 bits per heavy atom. The number of nitriles is 1. The quantitative estimate of drug-likeness (QED) is 0.529. The monoisotopic (exact) mass is 225 g/mol. The molecule has 0 aliphatic heterocycles. The van der Waals surface area contributed by atoms with Crippen LogP contribution in [0.3, 0.4) is 0 Å². The highest BCUT2D eigenvalue weighted by Gasteiger charge is 2.10. The normalized spacial score (nSPS) is 9.09. The van der Waals surface area contributed by atoms with Gasteiger partial charge >= 0.3 is 0 Å². The van der Waals surface area contributed by atoms with Gasteiger partial charge in [0.05, 0.1) is 14.2 Å². The van der Waals surface area contributed by atoms with Gasteiger partial charge in [-0.25, -0.2) is 0 Å². The predicted molar refractivity (Wildman–Crippen MR) is 47.5 cm³/mol. The summed E-state index contributed by atoms with van der Waals surface area (Å²) < 4.78 is 0.611. The molecule has 0 spiro atoms. The lowest BCUT2D eigenvalue weighted by Gasteiger charge is -1.85. The minimum atomic E-state index is 0.263. The van der Waals surface area contributed by atoms with Gasteiger partial charge < -0.3 is 0 Å². The van der Waals surface area contributed by atoms with Gasteiger partial charge in [0.25, 0.3) is 0 Å². The molecule has 1 aromatic rings. The molecule has 11 heavy (non-hydrogen) atoms. The maximum Gasteiger partial charge on any atom is 0.159 e. The predicted octanol–water partition coefficient (Wildman–Crippen LogP) is 0.989. The average molecular weight is 226 g/mol. The first-order chi connectivity index (χ1) is 5.20. The summed E-state index contributed by atoms with van der Waals surface area (Å²) in [5, 5.41) is 8.54. The van der Waals surface area contributed by atoms with Crippen LogP contribution in [0, 0.1) is 11.3 Å². The third kappa shape index (κ3) is 1.37. The summed E-state index contributed by atoms with van der Waals surface area (Å²) in [6.45, 7) is 0. The van der Waals surface area contributed by atoms with Crippen LogP contribution in [0.1, 0.15) is 15.2 Å². The molecule has 0 saturated carbocycles. The lowest BCUT2D eigenvalue weighted by Crippen LogP contribution is -2.08. The van der Waals surface area contributed by atoms with Crippen LogP contribution in [0.5, 0.6) is 0 Å². The Kier molecular flexibility index (Phi) is 2.47. The minimum Gasteiger partial charge on any atom is -0.297 e. The second-order valence-corrected chi connectivity index (χ2v) is 4.13. The Morgan fingerprint density at radius 3 is 2.64 bits per heavy atom. The number of halogens is 1. The summed E-state index contributed by atoms with van der Waals surface area (Å²) in [5.41, 5.74) is 0.608.